The van der Waals surface area contributed by atoms with Gasteiger partial charge in [0.25, 0.3) is 0 Å². The number of rotatable bonds is 3. The fourth-order valence-electron chi connectivity index (χ4n) is 5.14. The van der Waals surface area contributed by atoms with Crippen LogP contribution in [0.5, 0.6) is 0 Å². The van der Waals surface area contributed by atoms with Gasteiger partial charge in [-0.2, -0.15) is 0 Å². The number of nitrogens with zero attached hydrogens (tertiary/aromatic N) is 3. The molecule has 4 aromatic carbocycles. The third kappa shape index (κ3) is 3.46. The Balaban J connectivity index is 0.00000241. The summed E-state index contributed by atoms with van der Waals surface area (Å²) < 4.78 is 2.27. The number of aryl methyl sites for hydroxylation is 1. The molecule has 0 aliphatic carbocycles. The zero-order valence-corrected chi connectivity index (χ0v) is 20.9. The molecule has 34 heavy (non-hydrogen) atoms. The van der Waals surface area contributed by atoms with Crippen LogP contribution in [0.15, 0.2) is 114 Å². The Bertz CT molecular complexity index is 1490. The van der Waals surface area contributed by atoms with Crippen LogP contribution in [-0.2, 0) is 7.05 Å². The van der Waals surface area contributed by atoms with E-state index in [-0.39, 0.29) is 23.0 Å². The Morgan fingerprint density at radius 2 is 1.29 bits per heavy atom. The highest BCUT2D eigenvalue weighted by Crippen LogP contribution is 2.44. The number of para-hydroxylation sites is 2. The number of aliphatic imine (C=N–C) groups is 1. The molecular weight excluding hydrogens is 482 g/mol. The number of halogens is 1. The molecule has 0 amide bonds. The number of hydrogen-bond acceptors (Lipinski definition) is 2. The molecule has 6 rings (SSSR count). The Kier molecular flexibility index (Phi) is 5.84. The monoisotopic (exact) mass is 507 g/mol. The average Bonchev–Trinajstić information content (AvgIpc) is 3.32. The normalized spacial score (nSPS) is 16.0. The van der Waals surface area contributed by atoms with Gasteiger partial charge in [0.2, 0.25) is 0 Å². The van der Waals surface area contributed by atoms with E-state index in [1.54, 1.807) is 0 Å². The van der Waals surface area contributed by atoms with Gasteiger partial charge in [-0.15, -0.1) is 17.0 Å². The maximum absolute atomic E-state index is 5.49. The van der Waals surface area contributed by atoms with Crippen molar-refractivity contribution in [2.45, 2.75) is 6.04 Å². The lowest BCUT2D eigenvalue weighted by Gasteiger charge is -2.23. The van der Waals surface area contributed by atoms with Crippen molar-refractivity contribution in [2.24, 2.45) is 12.0 Å². The first kappa shape index (κ1) is 22.2. The van der Waals surface area contributed by atoms with Crippen LogP contribution in [0.25, 0.3) is 22.2 Å². The zero-order chi connectivity index (χ0) is 22.4. The third-order valence-electron chi connectivity index (χ3n) is 6.68. The van der Waals surface area contributed by atoms with Crippen molar-refractivity contribution >= 4 is 45.0 Å². The number of fused-ring (bicyclic) bond motifs is 2. The predicted octanol–water partition coefficient (Wildman–Crippen LogP) is 7.74. The van der Waals surface area contributed by atoms with Crippen LogP contribution >= 0.6 is 17.0 Å². The molecular formula is C30H26BrN3. The van der Waals surface area contributed by atoms with Crippen molar-refractivity contribution < 1.29 is 0 Å². The van der Waals surface area contributed by atoms with E-state index >= 15 is 0 Å². The van der Waals surface area contributed by atoms with Crippen LogP contribution in [0.2, 0.25) is 0 Å². The molecule has 0 bridgehead atoms. The van der Waals surface area contributed by atoms with E-state index in [2.05, 4.69) is 133 Å². The molecule has 1 unspecified atom stereocenters. The molecule has 0 saturated heterocycles. The number of hydrogen-bond donors (Lipinski definition) is 0. The maximum atomic E-state index is 5.49. The van der Waals surface area contributed by atoms with Gasteiger partial charge in [-0.1, -0.05) is 97.1 Å². The molecule has 1 atom stereocenters. The standard InChI is InChI=1S/C30H25N3.BrH/c1-32-25-19-11-9-17-23(25)27(29(32)21-13-5-3-6-14-21)31-28-24-18-10-12-20-26(24)33(2)30(28)22-15-7-4-8-16-22;/h3-20,29H,1-2H3;1H. The largest absolute Gasteiger partial charge is 0.361 e. The molecule has 0 saturated carbocycles. The summed E-state index contributed by atoms with van der Waals surface area (Å²) in [5.41, 5.74) is 9.28. The van der Waals surface area contributed by atoms with Crippen molar-refractivity contribution in [1.82, 2.24) is 4.57 Å². The smallest absolute Gasteiger partial charge is 0.0970 e. The number of anilines is 1. The van der Waals surface area contributed by atoms with E-state index in [1.807, 2.05) is 0 Å². The second-order valence-corrected chi connectivity index (χ2v) is 8.58. The van der Waals surface area contributed by atoms with E-state index in [9.17, 15) is 0 Å². The topological polar surface area (TPSA) is 20.5 Å². The summed E-state index contributed by atoms with van der Waals surface area (Å²) in [6.07, 6.45) is 0. The van der Waals surface area contributed by atoms with Crippen LogP contribution in [0.3, 0.4) is 0 Å². The number of likely N-dealkylation sites (N-methyl/N-ethyl adjacent to an activating group) is 1. The molecule has 4 heteroatoms. The molecule has 2 heterocycles. The van der Waals surface area contributed by atoms with Gasteiger partial charge in [0.05, 0.1) is 28.7 Å². The van der Waals surface area contributed by atoms with E-state index in [1.165, 1.54) is 33.3 Å². The van der Waals surface area contributed by atoms with E-state index in [0.717, 1.165) is 17.1 Å². The lowest BCUT2D eigenvalue weighted by Crippen LogP contribution is -2.23. The summed E-state index contributed by atoms with van der Waals surface area (Å²) in [6.45, 7) is 0. The molecule has 1 aliphatic rings. The third-order valence-corrected chi connectivity index (χ3v) is 6.68. The number of aromatic nitrogens is 1. The first-order chi connectivity index (χ1) is 16.2. The zero-order valence-electron chi connectivity index (χ0n) is 19.2. The van der Waals surface area contributed by atoms with Crippen molar-refractivity contribution in [3.8, 4) is 11.3 Å². The highest BCUT2D eigenvalue weighted by atomic mass is 79.9. The SMILES string of the molecule is Br.CN1c2ccccc2C(=Nc2c(-c3ccccc3)n(C)c3ccccc23)C1c1ccccc1. The summed E-state index contributed by atoms with van der Waals surface area (Å²) in [7, 11) is 4.30. The van der Waals surface area contributed by atoms with Crippen LogP contribution in [0.4, 0.5) is 11.4 Å². The summed E-state index contributed by atoms with van der Waals surface area (Å²) >= 11 is 0. The molecule has 3 nitrogen and oxygen atoms in total. The summed E-state index contributed by atoms with van der Waals surface area (Å²) in [5.74, 6) is 0. The Labute approximate surface area is 210 Å². The first-order valence-corrected chi connectivity index (χ1v) is 11.3. The summed E-state index contributed by atoms with van der Waals surface area (Å²) in [5, 5.41) is 1.17. The molecule has 168 valence electrons. The van der Waals surface area contributed by atoms with E-state index in [4.69, 9.17) is 4.99 Å². The fourth-order valence-corrected chi connectivity index (χ4v) is 5.14. The highest BCUT2D eigenvalue weighted by molar-refractivity contribution is 8.93. The second kappa shape index (κ2) is 8.96. The second-order valence-electron chi connectivity index (χ2n) is 8.58. The van der Waals surface area contributed by atoms with Gasteiger partial charge in [-0.25, -0.2) is 4.99 Å². The van der Waals surface area contributed by atoms with Crippen LogP contribution in [0, 0.1) is 0 Å². The molecule has 0 spiro atoms. The Morgan fingerprint density at radius 1 is 0.676 bits per heavy atom. The van der Waals surface area contributed by atoms with Crippen molar-refractivity contribution in [3.63, 3.8) is 0 Å². The molecule has 1 aliphatic heterocycles. The Morgan fingerprint density at radius 3 is 2.06 bits per heavy atom. The molecule has 0 N–H and O–H groups in total. The van der Waals surface area contributed by atoms with Crippen molar-refractivity contribution in [3.05, 3.63) is 120 Å². The fraction of sp³-hybridized carbons (Fsp3) is 0.100. The van der Waals surface area contributed by atoms with Crippen LogP contribution < -0.4 is 4.90 Å². The molecule has 5 aromatic rings. The van der Waals surface area contributed by atoms with Gasteiger partial charge in [-0.3, -0.25) is 0 Å². The number of benzene rings is 4. The minimum atomic E-state index is 0. The molecule has 0 radical (unpaired) electrons. The lowest BCUT2D eigenvalue weighted by atomic mass is 9.99. The van der Waals surface area contributed by atoms with Gasteiger partial charge >= 0.3 is 0 Å². The van der Waals surface area contributed by atoms with Crippen molar-refractivity contribution in [1.29, 1.82) is 0 Å². The van der Waals surface area contributed by atoms with E-state index in [0.29, 0.717) is 0 Å². The minimum absolute atomic E-state index is 0. The van der Waals surface area contributed by atoms with Gasteiger partial charge in [0.15, 0.2) is 0 Å². The molecule has 0 fully saturated rings. The van der Waals surface area contributed by atoms with Gasteiger partial charge in [0.1, 0.15) is 0 Å². The van der Waals surface area contributed by atoms with E-state index < -0.39 is 0 Å². The average molecular weight is 508 g/mol. The van der Waals surface area contributed by atoms with Gasteiger partial charge in [-0.05, 0) is 17.7 Å². The Hall–Kier alpha value is -3.63. The van der Waals surface area contributed by atoms with Crippen molar-refractivity contribution in [2.75, 3.05) is 11.9 Å². The lowest BCUT2D eigenvalue weighted by molar-refractivity contribution is 0.876. The van der Waals surface area contributed by atoms with Gasteiger partial charge < -0.3 is 9.47 Å². The quantitative estimate of drug-likeness (QED) is 0.244. The minimum Gasteiger partial charge on any atom is -0.361 e. The highest BCUT2D eigenvalue weighted by Gasteiger charge is 2.34. The van der Waals surface area contributed by atoms with Crippen LogP contribution in [0.1, 0.15) is 17.2 Å². The van der Waals surface area contributed by atoms with Crippen LogP contribution in [-0.4, -0.2) is 17.3 Å². The summed E-state index contributed by atoms with van der Waals surface area (Å²) in [4.78, 5) is 7.83. The molecule has 1 aromatic heterocycles. The summed E-state index contributed by atoms with van der Waals surface area (Å²) in [6, 6.07) is 38.5. The first-order valence-electron chi connectivity index (χ1n) is 11.3. The van der Waals surface area contributed by atoms with Gasteiger partial charge in [0, 0.05) is 36.3 Å². The predicted molar refractivity (Wildman–Crippen MR) is 149 cm³/mol. The maximum Gasteiger partial charge on any atom is 0.0970 e.